The van der Waals surface area contributed by atoms with E-state index >= 15 is 0 Å². The maximum atomic E-state index is 12.4. The van der Waals surface area contributed by atoms with E-state index in [4.69, 9.17) is 0 Å². The molecule has 1 aromatic heterocycles. The summed E-state index contributed by atoms with van der Waals surface area (Å²) in [5.41, 5.74) is 4.40. The van der Waals surface area contributed by atoms with Crippen LogP contribution in [0.4, 0.5) is 0 Å². The number of hydrogen-bond donors (Lipinski definition) is 0. The van der Waals surface area contributed by atoms with Gasteiger partial charge in [0.1, 0.15) is 11.1 Å². The highest BCUT2D eigenvalue weighted by Crippen LogP contribution is 2.27. The number of amides is 1. The van der Waals surface area contributed by atoms with Gasteiger partial charge in [-0.1, -0.05) is 12.1 Å². The number of benzene rings is 1. The molecule has 25 heavy (non-hydrogen) atoms. The number of hydrogen-bond acceptors (Lipinski definition) is 4. The Balaban J connectivity index is 1.68. The quantitative estimate of drug-likeness (QED) is 0.778. The lowest BCUT2D eigenvalue weighted by Crippen LogP contribution is -2.27. The zero-order valence-corrected chi connectivity index (χ0v) is 15.4. The number of likely N-dealkylation sites (tertiary alicyclic amines) is 1. The monoisotopic (exact) mass is 351 g/mol. The van der Waals surface area contributed by atoms with Crippen LogP contribution in [-0.4, -0.2) is 28.9 Å². The van der Waals surface area contributed by atoms with Crippen LogP contribution in [0.15, 0.2) is 35.4 Å². The second-order valence-corrected chi connectivity index (χ2v) is 7.32. The molecule has 128 valence electrons. The second kappa shape index (κ2) is 7.71. The van der Waals surface area contributed by atoms with Crippen LogP contribution >= 0.6 is 11.8 Å². The van der Waals surface area contributed by atoms with Gasteiger partial charge < -0.3 is 4.90 Å². The summed E-state index contributed by atoms with van der Waals surface area (Å²) < 4.78 is 0. The molecule has 4 nitrogen and oxygen atoms in total. The molecule has 1 aliphatic rings. The Morgan fingerprint density at radius 2 is 1.92 bits per heavy atom. The minimum absolute atomic E-state index is 0.124. The van der Waals surface area contributed by atoms with Gasteiger partial charge in [0, 0.05) is 30.1 Å². The van der Waals surface area contributed by atoms with Crippen molar-refractivity contribution in [3.8, 4) is 6.07 Å². The molecule has 0 radical (unpaired) electrons. The molecule has 0 N–H and O–H groups in total. The number of rotatable bonds is 4. The van der Waals surface area contributed by atoms with Crippen molar-refractivity contribution in [2.24, 2.45) is 0 Å². The Bertz CT molecular complexity index is 818. The second-order valence-electron chi connectivity index (χ2n) is 6.36. The predicted molar refractivity (Wildman–Crippen MR) is 99.6 cm³/mol. The molecule has 0 unspecified atom stereocenters. The van der Waals surface area contributed by atoms with Crippen LogP contribution in [0.3, 0.4) is 0 Å². The standard InChI is InChI=1S/C20H21N3OS/c1-14-11-15(2)22-19(18(14)12-21)25-13-16-5-7-17(8-6-16)20(24)23-9-3-4-10-23/h5-8,11H,3-4,9-10,13H2,1-2H3. The summed E-state index contributed by atoms with van der Waals surface area (Å²) in [6.07, 6.45) is 2.20. The smallest absolute Gasteiger partial charge is 0.253 e. The molecule has 1 saturated heterocycles. The molecule has 0 atom stereocenters. The molecule has 3 rings (SSSR count). The highest BCUT2D eigenvalue weighted by atomic mass is 32.2. The summed E-state index contributed by atoms with van der Waals surface area (Å²) in [6, 6.07) is 12.0. The number of aryl methyl sites for hydroxylation is 2. The molecule has 2 aromatic rings. The van der Waals surface area contributed by atoms with E-state index in [0.29, 0.717) is 5.56 Å². The summed E-state index contributed by atoms with van der Waals surface area (Å²) in [7, 11) is 0. The van der Waals surface area contributed by atoms with Gasteiger partial charge in [0.05, 0.1) is 5.56 Å². The van der Waals surface area contributed by atoms with E-state index < -0.39 is 0 Å². The zero-order valence-electron chi connectivity index (χ0n) is 14.6. The van der Waals surface area contributed by atoms with Gasteiger partial charge in [-0.15, -0.1) is 11.8 Å². The Morgan fingerprint density at radius 3 is 2.56 bits per heavy atom. The fourth-order valence-electron chi connectivity index (χ4n) is 3.04. The van der Waals surface area contributed by atoms with E-state index in [1.54, 1.807) is 11.8 Å². The highest BCUT2D eigenvalue weighted by molar-refractivity contribution is 7.98. The first kappa shape index (κ1) is 17.5. The van der Waals surface area contributed by atoms with E-state index in [1.165, 1.54) is 0 Å². The van der Waals surface area contributed by atoms with Crippen LogP contribution in [0.1, 0.15) is 45.6 Å². The number of nitrogens with zero attached hydrogens (tertiary/aromatic N) is 3. The van der Waals surface area contributed by atoms with Gasteiger partial charge in [0.15, 0.2) is 0 Å². The minimum Gasteiger partial charge on any atom is -0.339 e. The minimum atomic E-state index is 0.124. The van der Waals surface area contributed by atoms with Crippen molar-refractivity contribution in [3.63, 3.8) is 0 Å². The van der Waals surface area contributed by atoms with Crippen LogP contribution in [0.2, 0.25) is 0 Å². The van der Waals surface area contributed by atoms with Crippen LogP contribution in [-0.2, 0) is 5.75 Å². The molecular weight excluding hydrogens is 330 g/mol. The van der Waals surface area contributed by atoms with Crippen molar-refractivity contribution < 1.29 is 4.79 Å². The van der Waals surface area contributed by atoms with Crippen molar-refractivity contribution in [3.05, 3.63) is 58.3 Å². The normalized spacial score (nSPS) is 13.7. The number of carbonyl (C=O) groups is 1. The molecular formula is C20H21N3OS. The molecule has 1 aliphatic heterocycles. The maximum Gasteiger partial charge on any atom is 0.253 e. The van der Waals surface area contributed by atoms with E-state index in [9.17, 15) is 10.1 Å². The van der Waals surface area contributed by atoms with Gasteiger partial charge in [-0.3, -0.25) is 4.79 Å². The number of nitriles is 1. The van der Waals surface area contributed by atoms with Crippen LogP contribution < -0.4 is 0 Å². The third-order valence-corrected chi connectivity index (χ3v) is 5.44. The molecule has 0 spiro atoms. The van der Waals surface area contributed by atoms with Gasteiger partial charge in [0.25, 0.3) is 5.91 Å². The van der Waals surface area contributed by atoms with Gasteiger partial charge in [-0.2, -0.15) is 5.26 Å². The number of aromatic nitrogens is 1. The van der Waals surface area contributed by atoms with Crippen LogP contribution in [0, 0.1) is 25.2 Å². The fraction of sp³-hybridized carbons (Fsp3) is 0.350. The van der Waals surface area contributed by atoms with Crippen LogP contribution in [0.5, 0.6) is 0 Å². The summed E-state index contributed by atoms with van der Waals surface area (Å²) in [5.74, 6) is 0.849. The largest absolute Gasteiger partial charge is 0.339 e. The summed E-state index contributed by atoms with van der Waals surface area (Å²) >= 11 is 1.56. The van der Waals surface area contributed by atoms with E-state index in [2.05, 4.69) is 11.1 Å². The summed E-state index contributed by atoms with van der Waals surface area (Å²) in [5, 5.41) is 10.1. The Kier molecular flexibility index (Phi) is 5.40. The van der Waals surface area contributed by atoms with E-state index in [-0.39, 0.29) is 5.91 Å². The summed E-state index contributed by atoms with van der Waals surface area (Å²) in [4.78, 5) is 18.8. The van der Waals surface area contributed by atoms with Gasteiger partial charge in [0.2, 0.25) is 0 Å². The van der Waals surface area contributed by atoms with E-state index in [1.807, 2.05) is 49.1 Å². The Labute approximate surface area is 152 Å². The Hall–Kier alpha value is -2.32. The first-order chi connectivity index (χ1) is 12.1. The van der Waals surface area contributed by atoms with Crippen LogP contribution in [0.25, 0.3) is 0 Å². The average Bonchev–Trinajstić information content (AvgIpc) is 3.14. The molecule has 0 saturated carbocycles. The third kappa shape index (κ3) is 4.02. The SMILES string of the molecule is Cc1cc(C)c(C#N)c(SCc2ccc(C(=O)N3CCCC3)cc2)n1. The maximum absolute atomic E-state index is 12.4. The van der Waals surface area contributed by atoms with Gasteiger partial charge in [-0.05, 0) is 56.0 Å². The Morgan fingerprint density at radius 1 is 1.24 bits per heavy atom. The molecule has 1 amide bonds. The van der Waals surface area contributed by atoms with Crippen molar-refractivity contribution in [2.75, 3.05) is 13.1 Å². The van der Waals surface area contributed by atoms with Crippen molar-refractivity contribution in [1.29, 1.82) is 5.26 Å². The average molecular weight is 351 g/mol. The van der Waals surface area contributed by atoms with Gasteiger partial charge >= 0.3 is 0 Å². The molecule has 1 aromatic carbocycles. The van der Waals surface area contributed by atoms with Crippen molar-refractivity contribution in [1.82, 2.24) is 9.88 Å². The number of pyridine rings is 1. The number of carbonyl (C=O) groups excluding carboxylic acids is 1. The van der Waals surface area contributed by atoms with E-state index in [0.717, 1.165) is 59.1 Å². The van der Waals surface area contributed by atoms with Gasteiger partial charge in [-0.25, -0.2) is 4.98 Å². The fourth-order valence-corrected chi connectivity index (χ4v) is 4.10. The lowest BCUT2D eigenvalue weighted by Gasteiger charge is -2.15. The highest BCUT2D eigenvalue weighted by Gasteiger charge is 2.19. The topological polar surface area (TPSA) is 57.0 Å². The predicted octanol–water partition coefficient (Wildman–Crippen LogP) is 4.10. The molecule has 5 heteroatoms. The molecule has 1 fully saturated rings. The van der Waals surface area contributed by atoms with Crippen molar-refractivity contribution in [2.45, 2.75) is 37.5 Å². The lowest BCUT2D eigenvalue weighted by molar-refractivity contribution is 0.0793. The molecule has 0 bridgehead atoms. The first-order valence-corrected chi connectivity index (χ1v) is 9.46. The third-order valence-electron chi connectivity index (χ3n) is 4.39. The summed E-state index contributed by atoms with van der Waals surface area (Å²) in [6.45, 7) is 5.62. The zero-order chi connectivity index (χ0) is 17.8. The molecule has 2 heterocycles. The first-order valence-electron chi connectivity index (χ1n) is 8.48. The number of thioether (sulfide) groups is 1. The lowest BCUT2D eigenvalue weighted by atomic mass is 10.1. The van der Waals surface area contributed by atoms with Crippen molar-refractivity contribution >= 4 is 17.7 Å². The molecule has 0 aliphatic carbocycles.